The minimum Gasteiger partial charge on any atom is -0.330 e. The summed E-state index contributed by atoms with van der Waals surface area (Å²) in [5.74, 6) is 0.788. The van der Waals surface area contributed by atoms with Crippen molar-refractivity contribution in [3.63, 3.8) is 0 Å². The van der Waals surface area contributed by atoms with Gasteiger partial charge < -0.3 is 5.73 Å². The molecule has 0 radical (unpaired) electrons. The molecule has 82 valence electrons. The van der Waals surface area contributed by atoms with Crippen LogP contribution in [0.2, 0.25) is 0 Å². The Morgan fingerprint density at radius 3 is 2.60 bits per heavy atom. The van der Waals surface area contributed by atoms with Crippen molar-refractivity contribution in [3.05, 3.63) is 34.1 Å². The normalized spacial score (nSPS) is 27.8. The van der Waals surface area contributed by atoms with Crippen molar-refractivity contribution in [1.29, 1.82) is 0 Å². The molecule has 2 N–H and O–H groups in total. The smallest absolute Gasteiger partial charge is 0.137 e. The van der Waals surface area contributed by atoms with Crippen LogP contribution in [0, 0.1) is 17.2 Å². The van der Waals surface area contributed by atoms with E-state index in [1.807, 2.05) is 12.1 Å². The molecule has 1 aliphatic rings. The van der Waals surface area contributed by atoms with E-state index in [9.17, 15) is 4.39 Å². The molecule has 0 heterocycles. The standard InChI is InChI=1S/C12H15BrFN/c1-12(2)8(6-15)11(12)7-3-4-10(14)9(13)5-7/h3-5,8,11H,6,15H2,1-2H3. The van der Waals surface area contributed by atoms with Gasteiger partial charge in [-0.2, -0.15) is 0 Å². The van der Waals surface area contributed by atoms with Crippen LogP contribution in [-0.4, -0.2) is 6.54 Å². The molecule has 2 rings (SSSR count). The van der Waals surface area contributed by atoms with Gasteiger partial charge in [-0.3, -0.25) is 0 Å². The van der Waals surface area contributed by atoms with Crippen LogP contribution in [0.25, 0.3) is 0 Å². The molecule has 1 aromatic rings. The highest BCUT2D eigenvalue weighted by atomic mass is 79.9. The maximum Gasteiger partial charge on any atom is 0.137 e. The lowest BCUT2D eigenvalue weighted by Gasteiger charge is -2.04. The van der Waals surface area contributed by atoms with Crippen molar-refractivity contribution in [1.82, 2.24) is 0 Å². The summed E-state index contributed by atoms with van der Waals surface area (Å²) in [6.45, 7) is 5.13. The Morgan fingerprint density at radius 2 is 2.13 bits per heavy atom. The number of hydrogen-bond donors (Lipinski definition) is 1. The van der Waals surface area contributed by atoms with Crippen molar-refractivity contribution in [3.8, 4) is 0 Å². The second-order valence-corrected chi connectivity index (χ2v) is 5.67. The molecule has 1 aliphatic carbocycles. The number of hydrogen-bond acceptors (Lipinski definition) is 1. The van der Waals surface area contributed by atoms with Gasteiger partial charge in [0.15, 0.2) is 0 Å². The molecule has 2 unspecified atom stereocenters. The SMILES string of the molecule is CC1(C)C(CN)C1c1ccc(F)c(Br)c1. The average molecular weight is 272 g/mol. The molecule has 0 saturated heterocycles. The predicted molar refractivity (Wildman–Crippen MR) is 63.2 cm³/mol. The summed E-state index contributed by atoms with van der Waals surface area (Å²) in [5, 5.41) is 0. The van der Waals surface area contributed by atoms with Gasteiger partial charge in [-0.25, -0.2) is 4.39 Å². The zero-order valence-electron chi connectivity index (χ0n) is 8.93. The van der Waals surface area contributed by atoms with Crippen LogP contribution in [0.1, 0.15) is 25.3 Å². The molecule has 1 saturated carbocycles. The minimum absolute atomic E-state index is 0.207. The first kappa shape index (κ1) is 11.1. The fourth-order valence-electron chi connectivity index (χ4n) is 2.55. The van der Waals surface area contributed by atoms with Gasteiger partial charge in [-0.1, -0.05) is 19.9 Å². The van der Waals surface area contributed by atoms with Gasteiger partial charge in [0.05, 0.1) is 4.47 Å². The molecule has 1 fully saturated rings. The molecule has 0 bridgehead atoms. The largest absolute Gasteiger partial charge is 0.330 e. The molecule has 0 aliphatic heterocycles. The number of benzene rings is 1. The van der Waals surface area contributed by atoms with Crippen LogP contribution in [0.3, 0.4) is 0 Å². The van der Waals surface area contributed by atoms with E-state index in [1.54, 1.807) is 0 Å². The lowest BCUT2D eigenvalue weighted by molar-refractivity contribution is 0.558. The Hall–Kier alpha value is -0.410. The first-order chi connectivity index (χ1) is 6.98. The number of rotatable bonds is 2. The van der Waals surface area contributed by atoms with Crippen molar-refractivity contribution < 1.29 is 4.39 Å². The average Bonchev–Trinajstić information content (AvgIpc) is 2.73. The van der Waals surface area contributed by atoms with Gasteiger partial charge in [-0.15, -0.1) is 0 Å². The first-order valence-corrected chi connectivity index (χ1v) is 5.92. The molecule has 0 spiro atoms. The monoisotopic (exact) mass is 271 g/mol. The van der Waals surface area contributed by atoms with Gasteiger partial charge >= 0.3 is 0 Å². The number of nitrogens with two attached hydrogens (primary N) is 1. The maximum absolute atomic E-state index is 13.1. The van der Waals surface area contributed by atoms with Gasteiger partial charge in [-0.05, 0) is 57.4 Å². The molecule has 0 amide bonds. The Morgan fingerprint density at radius 1 is 1.47 bits per heavy atom. The third kappa shape index (κ3) is 1.72. The summed E-state index contributed by atoms with van der Waals surface area (Å²) in [4.78, 5) is 0. The third-order valence-electron chi connectivity index (χ3n) is 3.61. The van der Waals surface area contributed by atoms with E-state index in [2.05, 4.69) is 29.8 Å². The van der Waals surface area contributed by atoms with Crippen LogP contribution < -0.4 is 5.73 Å². The summed E-state index contributed by atoms with van der Waals surface area (Å²) in [6, 6.07) is 5.25. The highest BCUT2D eigenvalue weighted by Crippen LogP contribution is 2.63. The summed E-state index contributed by atoms with van der Waals surface area (Å²) in [6.07, 6.45) is 0. The first-order valence-electron chi connectivity index (χ1n) is 5.13. The van der Waals surface area contributed by atoms with Gasteiger partial charge in [0.25, 0.3) is 0 Å². The van der Waals surface area contributed by atoms with Crippen molar-refractivity contribution in [2.75, 3.05) is 6.54 Å². The maximum atomic E-state index is 13.1. The molecule has 1 nitrogen and oxygen atoms in total. The molecule has 3 heteroatoms. The van der Waals surface area contributed by atoms with Gasteiger partial charge in [0.1, 0.15) is 5.82 Å². The van der Waals surface area contributed by atoms with Crippen LogP contribution in [0.5, 0.6) is 0 Å². The quantitative estimate of drug-likeness (QED) is 0.878. The van der Waals surface area contributed by atoms with E-state index >= 15 is 0 Å². The Bertz CT molecular complexity index is 389. The zero-order chi connectivity index (χ0) is 11.2. The Balaban J connectivity index is 2.29. The summed E-state index contributed by atoms with van der Waals surface area (Å²) < 4.78 is 13.6. The molecule has 15 heavy (non-hydrogen) atoms. The predicted octanol–water partition coefficient (Wildman–Crippen LogP) is 3.29. The van der Waals surface area contributed by atoms with Gasteiger partial charge in [0, 0.05) is 0 Å². The van der Waals surface area contributed by atoms with E-state index in [0.717, 1.165) is 0 Å². The highest BCUT2D eigenvalue weighted by Gasteiger charge is 2.57. The second-order valence-electron chi connectivity index (χ2n) is 4.81. The van der Waals surface area contributed by atoms with E-state index in [1.165, 1.54) is 11.6 Å². The highest BCUT2D eigenvalue weighted by molar-refractivity contribution is 9.10. The van der Waals surface area contributed by atoms with Crippen molar-refractivity contribution in [2.45, 2.75) is 19.8 Å². The van der Waals surface area contributed by atoms with Crippen LogP contribution in [0.15, 0.2) is 22.7 Å². The fraction of sp³-hybridized carbons (Fsp3) is 0.500. The Labute approximate surface area is 98.0 Å². The zero-order valence-corrected chi connectivity index (χ0v) is 10.5. The van der Waals surface area contributed by atoms with Crippen LogP contribution in [-0.2, 0) is 0 Å². The molecular formula is C12H15BrFN. The Kier molecular flexibility index (Phi) is 2.63. The van der Waals surface area contributed by atoms with Gasteiger partial charge in [0.2, 0.25) is 0 Å². The van der Waals surface area contributed by atoms with Crippen LogP contribution in [0.4, 0.5) is 4.39 Å². The molecule has 1 aromatic carbocycles. The number of halogens is 2. The van der Waals surface area contributed by atoms with Crippen molar-refractivity contribution in [2.24, 2.45) is 17.1 Å². The fourth-order valence-corrected chi connectivity index (χ4v) is 2.95. The van der Waals surface area contributed by atoms with Crippen LogP contribution >= 0.6 is 15.9 Å². The minimum atomic E-state index is -0.207. The van der Waals surface area contributed by atoms with Crippen molar-refractivity contribution >= 4 is 15.9 Å². The second kappa shape index (κ2) is 3.56. The van der Waals surface area contributed by atoms with E-state index in [4.69, 9.17) is 5.73 Å². The summed E-state index contributed by atoms with van der Waals surface area (Å²) in [5.41, 5.74) is 7.16. The summed E-state index contributed by atoms with van der Waals surface area (Å²) in [7, 11) is 0. The molecular weight excluding hydrogens is 257 g/mol. The lowest BCUT2D eigenvalue weighted by atomic mass is 10.0. The molecule has 0 aromatic heterocycles. The van der Waals surface area contributed by atoms with E-state index < -0.39 is 0 Å². The third-order valence-corrected chi connectivity index (χ3v) is 4.21. The van der Waals surface area contributed by atoms with E-state index in [0.29, 0.717) is 22.9 Å². The van der Waals surface area contributed by atoms with E-state index in [-0.39, 0.29) is 11.2 Å². The lowest BCUT2D eigenvalue weighted by Crippen LogP contribution is -2.05. The summed E-state index contributed by atoms with van der Waals surface area (Å²) >= 11 is 3.22. The molecule has 2 atom stereocenters. The topological polar surface area (TPSA) is 26.0 Å².